The van der Waals surface area contributed by atoms with Crippen LogP contribution in [0, 0.1) is 0 Å². The molecule has 0 spiro atoms. The Morgan fingerprint density at radius 1 is 0.867 bits per heavy atom. The van der Waals surface area contributed by atoms with Crippen LogP contribution >= 0.6 is 0 Å². The Labute approximate surface area is 258 Å². The molecule has 0 radical (unpaired) electrons. The zero-order valence-corrected chi connectivity index (χ0v) is 25.7. The van der Waals surface area contributed by atoms with Gasteiger partial charge < -0.3 is 47.4 Å². The number of hydrogen-bond acceptors (Lipinski definition) is 15. The molecular formula is C30H36O15. The molecule has 1 aromatic rings. The summed E-state index contributed by atoms with van der Waals surface area (Å²) in [5, 5.41) is 0. The highest BCUT2D eigenvalue weighted by atomic mass is 16.8. The summed E-state index contributed by atoms with van der Waals surface area (Å²) in [7, 11) is 0. The Balaban J connectivity index is 1.74. The summed E-state index contributed by atoms with van der Waals surface area (Å²) in [4.78, 5) is 61.4. The zero-order valence-electron chi connectivity index (χ0n) is 25.7. The molecule has 0 aromatic heterocycles. The molecule has 1 aromatic carbocycles. The van der Waals surface area contributed by atoms with Crippen molar-refractivity contribution < 1.29 is 71.3 Å². The second kappa shape index (κ2) is 14.3. The smallest absolute Gasteiger partial charge is 0.378 e. The Morgan fingerprint density at radius 3 is 2.07 bits per heavy atom. The number of carbonyl (C=O) groups excluding carboxylic acids is 5. The minimum atomic E-state index is -1.68. The first-order valence-electron chi connectivity index (χ1n) is 14.1. The third kappa shape index (κ3) is 8.71. The van der Waals surface area contributed by atoms with Crippen LogP contribution < -0.4 is 0 Å². The van der Waals surface area contributed by atoms with Gasteiger partial charge in [-0.05, 0) is 19.4 Å². The molecule has 4 rings (SSSR count). The third-order valence-electron chi connectivity index (χ3n) is 6.69. The molecule has 7 atom stereocenters. The fraction of sp³-hybridized carbons (Fsp3) is 0.567. The maximum atomic E-state index is 13.3. The molecule has 3 aliphatic rings. The van der Waals surface area contributed by atoms with E-state index < -0.39 is 90.9 Å². The molecule has 0 unspecified atom stereocenters. The lowest BCUT2D eigenvalue weighted by Gasteiger charge is -2.43. The van der Waals surface area contributed by atoms with Crippen LogP contribution in [0.5, 0.6) is 0 Å². The maximum Gasteiger partial charge on any atom is 0.378 e. The second-order valence-corrected chi connectivity index (χ2v) is 10.8. The molecule has 3 aliphatic heterocycles. The van der Waals surface area contributed by atoms with Gasteiger partial charge in [-0.15, -0.1) is 0 Å². The van der Waals surface area contributed by atoms with Crippen LogP contribution in [0.25, 0.3) is 0 Å². The van der Waals surface area contributed by atoms with Crippen LogP contribution in [-0.4, -0.2) is 91.8 Å². The van der Waals surface area contributed by atoms with Gasteiger partial charge in [0.2, 0.25) is 18.2 Å². The van der Waals surface area contributed by atoms with E-state index in [0.29, 0.717) is 0 Å². The number of cyclic esters (lactones) is 1. The lowest BCUT2D eigenvalue weighted by atomic mass is 9.98. The van der Waals surface area contributed by atoms with Gasteiger partial charge in [-0.1, -0.05) is 30.3 Å². The van der Waals surface area contributed by atoms with Crippen molar-refractivity contribution in [3.8, 4) is 0 Å². The van der Waals surface area contributed by atoms with Gasteiger partial charge in [0, 0.05) is 27.7 Å². The molecule has 2 fully saturated rings. The highest BCUT2D eigenvalue weighted by molar-refractivity contribution is 5.89. The van der Waals surface area contributed by atoms with E-state index in [1.54, 1.807) is 13.8 Å². The van der Waals surface area contributed by atoms with Crippen LogP contribution in [0.4, 0.5) is 0 Å². The molecule has 15 heteroatoms. The fourth-order valence-electron chi connectivity index (χ4n) is 4.95. The lowest BCUT2D eigenvalue weighted by Crippen LogP contribution is -2.63. The number of hydrogen-bond donors (Lipinski definition) is 0. The largest absolute Gasteiger partial charge is 0.485 e. The van der Waals surface area contributed by atoms with E-state index in [2.05, 4.69) is 0 Å². The molecular weight excluding hydrogens is 600 g/mol. The average molecular weight is 637 g/mol. The van der Waals surface area contributed by atoms with Crippen molar-refractivity contribution in [2.24, 2.45) is 0 Å². The minimum absolute atomic E-state index is 0.00567. The molecule has 0 saturated carbocycles. The van der Waals surface area contributed by atoms with Crippen molar-refractivity contribution in [1.82, 2.24) is 0 Å². The topological polar surface area (TPSA) is 178 Å². The zero-order chi connectivity index (χ0) is 32.9. The van der Waals surface area contributed by atoms with E-state index in [1.165, 1.54) is 0 Å². The molecule has 0 bridgehead atoms. The van der Waals surface area contributed by atoms with Crippen LogP contribution in [0.3, 0.4) is 0 Å². The van der Waals surface area contributed by atoms with Crippen molar-refractivity contribution >= 4 is 29.8 Å². The molecule has 45 heavy (non-hydrogen) atoms. The van der Waals surface area contributed by atoms with Crippen molar-refractivity contribution in [3.05, 3.63) is 47.4 Å². The molecule has 2 saturated heterocycles. The van der Waals surface area contributed by atoms with E-state index in [1.807, 2.05) is 30.3 Å². The summed E-state index contributed by atoms with van der Waals surface area (Å²) < 4.78 is 56.7. The monoisotopic (exact) mass is 636 g/mol. The van der Waals surface area contributed by atoms with E-state index in [-0.39, 0.29) is 19.0 Å². The molecule has 0 N–H and O–H groups in total. The van der Waals surface area contributed by atoms with E-state index >= 15 is 0 Å². The van der Waals surface area contributed by atoms with Crippen molar-refractivity contribution in [2.75, 3.05) is 13.2 Å². The van der Waals surface area contributed by atoms with Crippen LogP contribution in [0.2, 0.25) is 0 Å². The summed E-state index contributed by atoms with van der Waals surface area (Å²) in [5.41, 5.74) is 0.763. The van der Waals surface area contributed by atoms with Gasteiger partial charge in [0.1, 0.15) is 25.4 Å². The Hall–Kier alpha value is -4.21. The molecule has 15 nitrogen and oxygen atoms in total. The van der Waals surface area contributed by atoms with Gasteiger partial charge in [-0.3, -0.25) is 19.2 Å². The van der Waals surface area contributed by atoms with E-state index in [0.717, 1.165) is 33.3 Å². The molecule has 246 valence electrons. The SMILES string of the molecule is CC(=O)OC[C@H]1O[C@@H](OC2=C(OCc3ccccc3)[C@@H]([C@@H]3COC(C)(C)O3)OC2=O)[C@H](OC(C)=O)[C@@H](OC(C)=O)[C@@H]1OC(C)=O. The minimum Gasteiger partial charge on any atom is -0.485 e. The van der Waals surface area contributed by atoms with E-state index in [4.69, 9.17) is 47.4 Å². The first-order valence-corrected chi connectivity index (χ1v) is 14.1. The summed E-state index contributed by atoms with van der Waals surface area (Å²) >= 11 is 0. The lowest BCUT2D eigenvalue weighted by molar-refractivity contribution is -0.300. The summed E-state index contributed by atoms with van der Waals surface area (Å²) in [6, 6.07) is 9.08. The Kier molecular flexibility index (Phi) is 10.7. The number of benzene rings is 1. The predicted molar refractivity (Wildman–Crippen MR) is 146 cm³/mol. The van der Waals surface area contributed by atoms with Crippen LogP contribution in [0.1, 0.15) is 47.1 Å². The van der Waals surface area contributed by atoms with Gasteiger partial charge in [-0.25, -0.2) is 4.79 Å². The summed E-state index contributed by atoms with van der Waals surface area (Å²) in [6.45, 7) is 7.41. The quantitative estimate of drug-likeness (QED) is 0.252. The normalized spacial score (nSPS) is 28.9. The number of carbonyl (C=O) groups is 5. The van der Waals surface area contributed by atoms with Gasteiger partial charge in [0.25, 0.3) is 0 Å². The third-order valence-corrected chi connectivity index (χ3v) is 6.69. The first-order chi connectivity index (χ1) is 21.2. The Bertz CT molecular complexity index is 1310. The average Bonchev–Trinajstić information content (AvgIpc) is 3.47. The highest BCUT2D eigenvalue weighted by Crippen LogP contribution is 2.37. The van der Waals surface area contributed by atoms with E-state index in [9.17, 15) is 24.0 Å². The van der Waals surface area contributed by atoms with Crippen molar-refractivity contribution in [2.45, 2.75) is 96.9 Å². The van der Waals surface area contributed by atoms with Crippen molar-refractivity contribution in [3.63, 3.8) is 0 Å². The highest BCUT2D eigenvalue weighted by Gasteiger charge is 2.55. The van der Waals surface area contributed by atoms with Crippen LogP contribution in [0.15, 0.2) is 41.9 Å². The second-order valence-electron chi connectivity index (χ2n) is 10.8. The number of ether oxygens (including phenoxy) is 10. The number of esters is 5. The van der Waals surface area contributed by atoms with Gasteiger partial charge in [0.15, 0.2) is 29.9 Å². The van der Waals surface area contributed by atoms with Gasteiger partial charge in [0.05, 0.1) is 6.61 Å². The van der Waals surface area contributed by atoms with Gasteiger partial charge >= 0.3 is 29.8 Å². The molecule has 3 heterocycles. The van der Waals surface area contributed by atoms with Crippen molar-refractivity contribution in [1.29, 1.82) is 0 Å². The predicted octanol–water partition coefficient (Wildman–Crippen LogP) is 1.59. The summed E-state index contributed by atoms with van der Waals surface area (Å²) in [6.07, 6.45) is -9.34. The number of rotatable bonds is 11. The molecule has 0 aliphatic carbocycles. The summed E-state index contributed by atoms with van der Waals surface area (Å²) in [5.74, 6) is -5.56. The van der Waals surface area contributed by atoms with Gasteiger partial charge in [-0.2, -0.15) is 0 Å². The standard InChI is InChI=1S/C30H36O15/c1-15(31)36-13-20-22(39-16(2)32)25(40-17(3)33)27(41-18(4)34)29(42-20)44-26-24(37-12-19-10-8-7-9-11-19)23(43-28(26)35)21-14-38-30(5,6)45-21/h7-11,20-23,25,27,29H,12-14H2,1-6H3/t20-,21+,22-,23-,25+,27-,29+/m1/s1. The maximum absolute atomic E-state index is 13.3. The first kappa shape index (κ1) is 33.7. The molecule has 0 amide bonds. The van der Waals surface area contributed by atoms with Crippen LogP contribution in [-0.2, 0) is 77.9 Å². The Morgan fingerprint density at radius 2 is 1.49 bits per heavy atom. The fourth-order valence-corrected chi connectivity index (χ4v) is 4.95.